The predicted molar refractivity (Wildman–Crippen MR) is 105 cm³/mol. The van der Waals surface area contributed by atoms with Crippen LogP contribution in [0.3, 0.4) is 0 Å². The molecule has 2 aromatic rings. The zero-order valence-corrected chi connectivity index (χ0v) is 16.5. The number of pyridine rings is 1. The molecule has 0 aliphatic rings. The van der Waals surface area contributed by atoms with Crippen LogP contribution in [0.2, 0.25) is 0 Å². The average molecular weight is 391 g/mol. The van der Waals surface area contributed by atoms with Crippen molar-refractivity contribution < 1.29 is 18.3 Å². The molecular weight excluding hydrogens is 366 g/mol. The number of aliphatic carboxylic acids is 1. The summed E-state index contributed by atoms with van der Waals surface area (Å²) in [5.74, 6) is -0.449. The quantitative estimate of drug-likeness (QED) is 0.681. The van der Waals surface area contributed by atoms with Gasteiger partial charge >= 0.3 is 5.97 Å². The van der Waals surface area contributed by atoms with E-state index in [1.54, 1.807) is 31.2 Å². The molecule has 0 spiro atoms. The van der Waals surface area contributed by atoms with Crippen LogP contribution in [0.15, 0.2) is 53.6 Å². The van der Waals surface area contributed by atoms with Crippen LogP contribution in [-0.4, -0.2) is 37.1 Å². The zero-order chi connectivity index (χ0) is 20.0. The van der Waals surface area contributed by atoms with E-state index in [-0.39, 0.29) is 17.4 Å². The van der Waals surface area contributed by atoms with Gasteiger partial charge in [0.05, 0.1) is 5.69 Å². The van der Waals surface area contributed by atoms with Gasteiger partial charge < -0.3 is 10.4 Å². The standard InChI is InChI=1S/C19H25N3O4S/c1-4-22(15-8-6-5-7-9-15)27(25,26)16-10-11-18(20-13-16)21-17(19(23)24)12-14(2)3/h5-11,13-14,17H,4,12H2,1-3H3,(H,20,21)(H,23,24)/t17-/m1/s1. The van der Waals surface area contributed by atoms with Gasteiger partial charge in [-0.2, -0.15) is 0 Å². The van der Waals surface area contributed by atoms with Crippen LogP contribution in [0.5, 0.6) is 0 Å². The molecule has 0 radical (unpaired) electrons. The number of hydrogen-bond donors (Lipinski definition) is 2. The van der Waals surface area contributed by atoms with Gasteiger partial charge in [0, 0.05) is 12.7 Å². The predicted octanol–water partition coefficient (Wildman–Crippen LogP) is 3.21. The van der Waals surface area contributed by atoms with Crippen molar-refractivity contribution in [1.82, 2.24) is 4.98 Å². The van der Waals surface area contributed by atoms with E-state index < -0.39 is 22.0 Å². The molecule has 0 unspecified atom stereocenters. The smallest absolute Gasteiger partial charge is 0.326 e. The van der Waals surface area contributed by atoms with Gasteiger partial charge in [-0.05, 0) is 43.5 Å². The Kier molecular flexibility index (Phi) is 6.79. The Labute approximate surface area is 160 Å². The van der Waals surface area contributed by atoms with Crippen LogP contribution in [0.1, 0.15) is 27.2 Å². The topological polar surface area (TPSA) is 99.6 Å². The molecule has 27 heavy (non-hydrogen) atoms. The largest absolute Gasteiger partial charge is 0.480 e. The highest BCUT2D eigenvalue weighted by Gasteiger charge is 2.24. The van der Waals surface area contributed by atoms with E-state index in [9.17, 15) is 18.3 Å². The van der Waals surface area contributed by atoms with Crippen LogP contribution in [-0.2, 0) is 14.8 Å². The number of hydrogen-bond acceptors (Lipinski definition) is 5. The number of carbonyl (C=O) groups is 1. The molecule has 1 aromatic carbocycles. The zero-order valence-electron chi connectivity index (χ0n) is 15.7. The molecule has 0 aliphatic heterocycles. The Morgan fingerprint density at radius 3 is 2.33 bits per heavy atom. The van der Waals surface area contributed by atoms with E-state index in [0.717, 1.165) is 0 Å². The molecule has 1 aromatic heterocycles. The first-order valence-corrected chi connectivity index (χ1v) is 10.2. The lowest BCUT2D eigenvalue weighted by molar-refractivity contribution is -0.138. The highest BCUT2D eigenvalue weighted by atomic mass is 32.2. The van der Waals surface area contributed by atoms with Crippen molar-refractivity contribution in [2.75, 3.05) is 16.2 Å². The third-order valence-corrected chi connectivity index (χ3v) is 5.87. The Hall–Kier alpha value is -2.61. The minimum atomic E-state index is -3.76. The second kappa shape index (κ2) is 8.85. The van der Waals surface area contributed by atoms with E-state index in [1.807, 2.05) is 19.9 Å². The number of carboxylic acids is 1. The first-order valence-electron chi connectivity index (χ1n) is 8.79. The van der Waals surface area contributed by atoms with Crippen molar-refractivity contribution in [3.63, 3.8) is 0 Å². The third kappa shape index (κ3) is 5.19. The summed E-state index contributed by atoms with van der Waals surface area (Å²) in [6.07, 6.45) is 1.69. The molecule has 0 saturated heterocycles. The molecule has 0 fully saturated rings. The fourth-order valence-electron chi connectivity index (χ4n) is 2.70. The minimum Gasteiger partial charge on any atom is -0.480 e. The SMILES string of the molecule is CCN(c1ccccc1)S(=O)(=O)c1ccc(N[C@H](CC(C)C)C(=O)O)nc1. The molecule has 1 heterocycles. The van der Waals surface area contributed by atoms with Crippen molar-refractivity contribution in [3.8, 4) is 0 Å². The summed E-state index contributed by atoms with van der Waals surface area (Å²) in [6, 6.07) is 11.0. The number of para-hydroxylation sites is 1. The Balaban J connectivity index is 2.23. The van der Waals surface area contributed by atoms with Crippen LogP contribution >= 0.6 is 0 Å². The fourth-order valence-corrected chi connectivity index (χ4v) is 4.12. The summed E-state index contributed by atoms with van der Waals surface area (Å²) in [5, 5.41) is 12.1. The number of nitrogens with zero attached hydrogens (tertiary/aromatic N) is 2. The molecule has 0 saturated carbocycles. The Morgan fingerprint density at radius 2 is 1.85 bits per heavy atom. The summed E-state index contributed by atoms with van der Waals surface area (Å²) in [6.45, 7) is 5.91. The number of sulfonamides is 1. The molecule has 0 amide bonds. The second-order valence-corrected chi connectivity index (χ2v) is 8.41. The van der Waals surface area contributed by atoms with Gasteiger partial charge in [0.15, 0.2) is 0 Å². The lowest BCUT2D eigenvalue weighted by atomic mass is 10.0. The number of benzene rings is 1. The van der Waals surface area contributed by atoms with Gasteiger partial charge in [-0.15, -0.1) is 0 Å². The van der Waals surface area contributed by atoms with Gasteiger partial charge in [0.2, 0.25) is 0 Å². The van der Waals surface area contributed by atoms with E-state index in [1.165, 1.54) is 22.6 Å². The molecule has 0 aliphatic carbocycles. The summed E-state index contributed by atoms with van der Waals surface area (Å²) in [5.41, 5.74) is 0.574. The summed E-state index contributed by atoms with van der Waals surface area (Å²) in [4.78, 5) is 15.5. The molecule has 146 valence electrons. The molecule has 1 atom stereocenters. The number of aromatic nitrogens is 1. The highest BCUT2D eigenvalue weighted by Crippen LogP contribution is 2.23. The average Bonchev–Trinajstić information content (AvgIpc) is 2.62. The Bertz CT molecular complexity index is 852. The summed E-state index contributed by atoms with van der Waals surface area (Å²) >= 11 is 0. The van der Waals surface area contributed by atoms with Crippen LogP contribution in [0.4, 0.5) is 11.5 Å². The molecule has 0 bridgehead atoms. The molecular formula is C19H25N3O4S. The molecule has 8 heteroatoms. The normalized spacial score (nSPS) is 12.6. The van der Waals surface area contributed by atoms with Gasteiger partial charge in [-0.3, -0.25) is 4.31 Å². The van der Waals surface area contributed by atoms with Crippen molar-refractivity contribution in [2.45, 2.75) is 38.1 Å². The van der Waals surface area contributed by atoms with Crippen LogP contribution in [0.25, 0.3) is 0 Å². The van der Waals surface area contributed by atoms with E-state index in [4.69, 9.17) is 0 Å². The maximum atomic E-state index is 12.9. The van der Waals surface area contributed by atoms with E-state index in [0.29, 0.717) is 17.9 Å². The first-order chi connectivity index (χ1) is 12.8. The van der Waals surface area contributed by atoms with Gasteiger partial charge in [0.25, 0.3) is 10.0 Å². The maximum Gasteiger partial charge on any atom is 0.326 e. The molecule has 2 rings (SSSR count). The number of anilines is 2. The van der Waals surface area contributed by atoms with Crippen molar-refractivity contribution in [2.24, 2.45) is 5.92 Å². The summed E-state index contributed by atoms with van der Waals surface area (Å²) in [7, 11) is -3.76. The van der Waals surface area contributed by atoms with Crippen LogP contribution < -0.4 is 9.62 Å². The fraction of sp³-hybridized carbons (Fsp3) is 0.368. The van der Waals surface area contributed by atoms with Crippen LogP contribution in [0, 0.1) is 5.92 Å². The highest BCUT2D eigenvalue weighted by molar-refractivity contribution is 7.92. The number of carboxylic acid groups (broad SMARTS) is 1. The maximum absolute atomic E-state index is 12.9. The first kappa shape index (κ1) is 20.7. The van der Waals surface area contributed by atoms with Gasteiger partial charge in [-0.25, -0.2) is 18.2 Å². The second-order valence-electron chi connectivity index (χ2n) is 6.55. The number of rotatable bonds is 9. The third-order valence-electron chi connectivity index (χ3n) is 3.98. The van der Waals surface area contributed by atoms with E-state index in [2.05, 4.69) is 10.3 Å². The van der Waals surface area contributed by atoms with Crippen molar-refractivity contribution >= 4 is 27.5 Å². The lowest BCUT2D eigenvalue weighted by Crippen LogP contribution is -2.32. The number of nitrogens with one attached hydrogen (secondary N) is 1. The summed E-state index contributed by atoms with van der Waals surface area (Å²) < 4.78 is 27.1. The molecule has 2 N–H and O–H groups in total. The van der Waals surface area contributed by atoms with E-state index >= 15 is 0 Å². The lowest BCUT2D eigenvalue weighted by Gasteiger charge is -2.23. The van der Waals surface area contributed by atoms with Gasteiger partial charge in [0.1, 0.15) is 16.8 Å². The Morgan fingerprint density at radius 1 is 1.19 bits per heavy atom. The monoisotopic (exact) mass is 391 g/mol. The molecule has 7 nitrogen and oxygen atoms in total. The van der Waals surface area contributed by atoms with Gasteiger partial charge in [-0.1, -0.05) is 32.0 Å². The van der Waals surface area contributed by atoms with Crippen molar-refractivity contribution in [3.05, 3.63) is 48.7 Å². The van der Waals surface area contributed by atoms with Crippen molar-refractivity contribution in [1.29, 1.82) is 0 Å². The minimum absolute atomic E-state index is 0.0505.